The number of benzene rings is 1. The third-order valence-electron chi connectivity index (χ3n) is 3.66. The van der Waals surface area contributed by atoms with Crippen molar-refractivity contribution < 1.29 is 9.90 Å². The van der Waals surface area contributed by atoms with Crippen LogP contribution in [0.15, 0.2) is 18.3 Å². The summed E-state index contributed by atoms with van der Waals surface area (Å²) >= 11 is 0. The van der Waals surface area contributed by atoms with Crippen LogP contribution < -0.4 is 0 Å². The molecule has 0 bridgehead atoms. The van der Waals surface area contributed by atoms with Crippen LogP contribution in [0.3, 0.4) is 0 Å². The van der Waals surface area contributed by atoms with Gasteiger partial charge in [0.05, 0.1) is 12.1 Å². The lowest BCUT2D eigenvalue weighted by atomic mass is 9.99. The van der Waals surface area contributed by atoms with Gasteiger partial charge in [-0.1, -0.05) is 6.07 Å². The van der Waals surface area contributed by atoms with Gasteiger partial charge in [0.25, 0.3) is 0 Å². The fourth-order valence-electron chi connectivity index (χ4n) is 2.32. The third-order valence-corrected chi connectivity index (χ3v) is 3.66. The van der Waals surface area contributed by atoms with Gasteiger partial charge in [0, 0.05) is 18.3 Å². The first-order valence-electron chi connectivity index (χ1n) is 6.72. The molecule has 0 saturated heterocycles. The second-order valence-electron chi connectivity index (χ2n) is 5.26. The van der Waals surface area contributed by atoms with Crippen LogP contribution in [0.5, 0.6) is 0 Å². The molecule has 0 aliphatic heterocycles. The summed E-state index contributed by atoms with van der Waals surface area (Å²) < 4.78 is 1.90. The van der Waals surface area contributed by atoms with Crippen molar-refractivity contribution in [2.24, 2.45) is 0 Å². The van der Waals surface area contributed by atoms with Crippen LogP contribution in [0.25, 0.3) is 11.3 Å². The Kier molecular flexibility index (Phi) is 3.93. The molecule has 4 nitrogen and oxygen atoms in total. The van der Waals surface area contributed by atoms with Crippen LogP contribution in [0, 0.1) is 27.7 Å². The standard InChI is InChI=1S/C16H20N2O2/c1-10-7-12(3)14(8-11(10)2)15-9-18(13(4)17-15)6-5-16(19)20/h7-9H,5-6H2,1-4H3,(H,19,20). The van der Waals surface area contributed by atoms with Crippen molar-refractivity contribution >= 4 is 5.97 Å². The zero-order valence-corrected chi connectivity index (χ0v) is 12.4. The molecule has 0 unspecified atom stereocenters. The minimum atomic E-state index is -0.790. The maximum atomic E-state index is 10.7. The number of carbonyl (C=O) groups is 1. The highest BCUT2D eigenvalue weighted by Crippen LogP contribution is 2.26. The summed E-state index contributed by atoms with van der Waals surface area (Å²) in [6.07, 6.45) is 2.05. The zero-order chi connectivity index (χ0) is 14.9. The molecule has 0 fully saturated rings. The molecule has 4 heteroatoms. The van der Waals surface area contributed by atoms with Crippen molar-refractivity contribution in [2.45, 2.75) is 40.7 Å². The molecular weight excluding hydrogens is 252 g/mol. The highest BCUT2D eigenvalue weighted by molar-refractivity contribution is 5.67. The van der Waals surface area contributed by atoms with Crippen LogP contribution in [0.4, 0.5) is 0 Å². The van der Waals surface area contributed by atoms with Crippen molar-refractivity contribution in [2.75, 3.05) is 0 Å². The summed E-state index contributed by atoms with van der Waals surface area (Å²) in [5.74, 6) is 0.0564. The summed E-state index contributed by atoms with van der Waals surface area (Å²) in [6, 6.07) is 4.31. The summed E-state index contributed by atoms with van der Waals surface area (Å²) in [4.78, 5) is 15.2. The van der Waals surface area contributed by atoms with E-state index in [2.05, 4.69) is 37.9 Å². The fraction of sp³-hybridized carbons (Fsp3) is 0.375. The summed E-state index contributed by atoms with van der Waals surface area (Å²) in [5.41, 5.74) is 5.73. The van der Waals surface area contributed by atoms with E-state index in [0.29, 0.717) is 6.54 Å². The van der Waals surface area contributed by atoms with E-state index in [0.717, 1.165) is 17.1 Å². The lowest BCUT2D eigenvalue weighted by Crippen LogP contribution is -2.04. The normalized spacial score (nSPS) is 10.8. The molecule has 0 saturated carbocycles. The van der Waals surface area contributed by atoms with Gasteiger partial charge in [0.15, 0.2) is 0 Å². The minimum absolute atomic E-state index is 0.114. The van der Waals surface area contributed by atoms with Gasteiger partial charge < -0.3 is 9.67 Å². The number of carboxylic acid groups (broad SMARTS) is 1. The maximum Gasteiger partial charge on any atom is 0.305 e. The number of aliphatic carboxylic acids is 1. The molecule has 0 amide bonds. The smallest absolute Gasteiger partial charge is 0.305 e. The molecule has 2 rings (SSSR count). The van der Waals surface area contributed by atoms with Crippen molar-refractivity contribution in [3.8, 4) is 11.3 Å². The second-order valence-corrected chi connectivity index (χ2v) is 5.26. The molecule has 0 atom stereocenters. The number of aromatic nitrogens is 2. The molecule has 2 aromatic rings. The Bertz CT molecular complexity index is 657. The molecule has 20 heavy (non-hydrogen) atoms. The second kappa shape index (κ2) is 5.49. The van der Waals surface area contributed by atoms with E-state index in [9.17, 15) is 4.79 Å². The van der Waals surface area contributed by atoms with Crippen LogP contribution in [0.1, 0.15) is 28.9 Å². The van der Waals surface area contributed by atoms with E-state index in [1.807, 2.05) is 17.7 Å². The SMILES string of the molecule is Cc1cc(C)c(-c2cn(CCC(=O)O)c(C)n2)cc1C. The van der Waals surface area contributed by atoms with Gasteiger partial charge in [-0.05, 0) is 50.5 Å². The van der Waals surface area contributed by atoms with Crippen LogP contribution >= 0.6 is 0 Å². The molecule has 0 radical (unpaired) electrons. The summed E-state index contributed by atoms with van der Waals surface area (Å²) in [6.45, 7) is 8.63. The van der Waals surface area contributed by atoms with E-state index >= 15 is 0 Å². The molecule has 1 heterocycles. The topological polar surface area (TPSA) is 55.1 Å². The molecular formula is C16H20N2O2. The highest BCUT2D eigenvalue weighted by Gasteiger charge is 2.11. The first-order valence-corrected chi connectivity index (χ1v) is 6.72. The molecule has 1 aromatic carbocycles. The maximum absolute atomic E-state index is 10.7. The van der Waals surface area contributed by atoms with E-state index in [1.165, 1.54) is 16.7 Å². The van der Waals surface area contributed by atoms with Crippen molar-refractivity contribution in [3.05, 3.63) is 40.8 Å². The molecule has 0 spiro atoms. The Morgan fingerprint density at radius 1 is 1.15 bits per heavy atom. The molecule has 1 aromatic heterocycles. The van der Waals surface area contributed by atoms with E-state index in [1.54, 1.807) is 0 Å². The Balaban J connectivity index is 2.37. The van der Waals surface area contributed by atoms with Gasteiger partial charge in [-0.3, -0.25) is 4.79 Å². The van der Waals surface area contributed by atoms with Gasteiger partial charge >= 0.3 is 5.97 Å². The predicted octanol–water partition coefficient (Wildman–Crippen LogP) is 3.26. The number of carboxylic acids is 1. The summed E-state index contributed by atoms with van der Waals surface area (Å²) in [7, 11) is 0. The van der Waals surface area contributed by atoms with Crippen LogP contribution in [-0.4, -0.2) is 20.6 Å². The quantitative estimate of drug-likeness (QED) is 0.929. The lowest BCUT2D eigenvalue weighted by Gasteiger charge is -2.07. The number of hydrogen-bond acceptors (Lipinski definition) is 2. The zero-order valence-electron chi connectivity index (χ0n) is 12.4. The third kappa shape index (κ3) is 2.90. The van der Waals surface area contributed by atoms with E-state index in [-0.39, 0.29) is 6.42 Å². The number of imidazole rings is 1. The predicted molar refractivity (Wildman–Crippen MR) is 78.9 cm³/mol. The lowest BCUT2D eigenvalue weighted by molar-refractivity contribution is -0.137. The summed E-state index contributed by atoms with van der Waals surface area (Å²) in [5, 5.41) is 8.77. The van der Waals surface area contributed by atoms with E-state index in [4.69, 9.17) is 5.11 Å². The van der Waals surface area contributed by atoms with Crippen molar-refractivity contribution in [1.82, 2.24) is 9.55 Å². The van der Waals surface area contributed by atoms with Gasteiger partial charge in [-0.2, -0.15) is 0 Å². The van der Waals surface area contributed by atoms with E-state index < -0.39 is 5.97 Å². The Morgan fingerprint density at radius 2 is 1.80 bits per heavy atom. The molecule has 0 aliphatic rings. The minimum Gasteiger partial charge on any atom is -0.481 e. The van der Waals surface area contributed by atoms with Gasteiger partial charge in [-0.15, -0.1) is 0 Å². The fourth-order valence-corrected chi connectivity index (χ4v) is 2.32. The van der Waals surface area contributed by atoms with Crippen molar-refractivity contribution in [1.29, 1.82) is 0 Å². The number of nitrogens with zero attached hydrogens (tertiary/aromatic N) is 2. The van der Waals surface area contributed by atoms with Gasteiger partial charge in [-0.25, -0.2) is 4.98 Å². The number of aryl methyl sites for hydroxylation is 5. The van der Waals surface area contributed by atoms with Gasteiger partial charge in [0.2, 0.25) is 0 Å². The molecule has 0 aliphatic carbocycles. The first kappa shape index (κ1) is 14.3. The Labute approximate surface area is 119 Å². The van der Waals surface area contributed by atoms with Crippen LogP contribution in [0.2, 0.25) is 0 Å². The monoisotopic (exact) mass is 272 g/mol. The Morgan fingerprint density at radius 3 is 2.45 bits per heavy atom. The molecule has 106 valence electrons. The van der Waals surface area contributed by atoms with Crippen molar-refractivity contribution in [3.63, 3.8) is 0 Å². The highest BCUT2D eigenvalue weighted by atomic mass is 16.4. The largest absolute Gasteiger partial charge is 0.481 e. The van der Waals surface area contributed by atoms with Gasteiger partial charge in [0.1, 0.15) is 5.82 Å². The molecule has 1 N–H and O–H groups in total. The average molecular weight is 272 g/mol. The Hall–Kier alpha value is -2.10. The first-order chi connectivity index (χ1) is 9.38. The van der Waals surface area contributed by atoms with Crippen LogP contribution in [-0.2, 0) is 11.3 Å². The number of rotatable bonds is 4. The average Bonchev–Trinajstić information content (AvgIpc) is 2.72. The number of hydrogen-bond donors (Lipinski definition) is 1.